The molecule has 2 aromatic rings. The molecular formula is C20H18Br2. The lowest BCUT2D eigenvalue weighted by molar-refractivity contribution is 0.693. The van der Waals surface area contributed by atoms with Crippen LogP contribution in [0.3, 0.4) is 0 Å². The third-order valence-electron chi connectivity index (χ3n) is 5.35. The second-order valence-corrected chi connectivity index (χ2v) is 9.21. The molecule has 0 fully saturated rings. The maximum atomic E-state index is 3.64. The minimum Gasteiger partial charge on any atom is -0.0532 e. The van der Waals surface area contributed by atoms with E-state index in [0.29, 0.717) is 0 Å². The highest BCUT2D eigenvalue weighted by molar-refractivity contribution is 9.10. The molecule has 0 saturated carbocycles. The van der Waals surface area contributed by atoms with Crippen molar-refractivity contribution < 1.29 is 0 Å². The van der Waals surface area contributed by atoms with Crippen LogP contribution in [0, 0.1) is 0 Å². The average molecular weight is 418 g/mol. The Morgan fingerprint density at radius 2 is 1.00 bits per heavy atom. The topological polar surface area (TPSA) is 0 Å². The highest BCUT2D eigenvalue weighted by atomic mass is 79.9. The Balaban J connectivity index is 2.09. The first-order valence-electron chi connectivity index (χ1n) is 7.60. The second-order valence-electron chi connectivity index (χ2n) is 7.38. The summed E-state index contributed by atoms with van der Waals surface area (Å²) in [5, 5.41) is 0. The number of halogens is 2. The van der Waals surface area contributed by atoms with Crippen LogP contribution in [-0.4, -0.2) is 0 Å². The van der Waals surface area contributed by atoms with E-state index in [-0.39, 0.29) is 10.8 Å². The van der Waals surface area contributed by atoms with Crippen molar-refractivity contribution in [3.8, 4) is 0 Å². The van der Waals surface area contributed by atoms with Gasteiger partial charge in [0.25, 0.3) is 0 Å². The first kappa shape index (κ1) is 14.7. The molecule has 0 aliphatic heterocycles. The minimum absolute atomic E-state index is 0.0464. The zero-order valence-electron chi connectivity index (χ0n) is 13.2. The average Bonchev–Trinajstić information content (AvgIpc) is 2.81. The summed E-state index contributed by atoms with van der Waals surface area (Å²) in [7, 11) is 0. The Labute approximate surface area is 148 Å². The predicted octanol–water partition coefficient (Wildman–Crippen LogP) is 6.70. The van der Waals surface area contributed by atoms with Gasteiger partial charge in [-0.25, -0.2) is 0 Å². The van der Waals surface area contributed by atoms with Gasteiger partial charge in [-0.3, -0.25) is 0 Å². The number of hydrogen-bond acceptors (Lipinski definition) is 0. The largest absolute Gasteiger partial charge is 0.0532 e. The van der Waals surface area contributed by atoms with Gasteiger partial charge in [0.2, 0.25) is 0 Å². The van der Waals surface area contributed by atoms with E-state index >= 15 is 0 Å². The molecule has 0 radical (unpaired) electrons. The van der Waals surface area contributed by atoms with Gasteiger partial charge in [-0.15, -0.1) is 0 Å². The zero-order valence-corrected chi connectivity index (χ0v) is 16.4. The number of benzene rings is 2. The zero-order chi connectivity index (χ0) is 15.9. The number of rotatable bonds is 0. The highest BCUT2D eigenvalue weighted by Gasteiger charge is 2.49. The SMILES string of the molecule is CC1(C)C2=C(c3ccc(Br)cc31)C(C)(C)c1cc(Br)ccc12. The van der Waals surface area contributed by atoms with Crippen molar-refractivity contribution in [3.05, 3.63) is 67.6 Å². The summed E-state index contributed by atoms with van der Waals surface area (Å²) in [6.07, 6.45) is 0. The lowest BCUT2D eigenvalue weighted by Crippen LogP contribution is -2.19. The van der Waals surface area contributed by atoms with Crippen molar-refractivity contribution in [3.63, 3.8) is 0 Å². The van der Waals surface area contributed by atoms with E-state index in [9.17, 15) is 0 Å². The van der Waals surface area contributed by atoms with Crippen LogP contribution in [0.5, 0.6) is 0 Å². The summed E-state index contributed by atoms with van der Waals surface area (Å²) < 4.78 is 2.32. The lowest BCUT2D eigenvalue weighted by Gasteiger charge is -2.28. The van der Waals surface area contributed by atoms with Crippen LogP contribution < -0.4 is 0 Å². The van der Waals surface area contributed by atoms with Gasteiger partial charge >= 0.3 is 0 Å². The summed E-state index contributed by atoms with van der Waals surface area (Å²) in [6, 6.07) is 13.5. The smallest absolute Gasteiger partial charge is 0.0178 e. The first-order valence-corrected chi connectivity index (χ1v) is 9.19. The van der Waals surface area contributed by atoms with Crippen LogP contribution in [0.2, 0.25) is 0 Å². The van der Waals surface area contributed by atoms with E-state index < -0.39 is 0 Å². The Morgan fingerprint density at radius 1 is 0.636 bits per heavy atom. The molecule has 0 unspecified atom stereocenters. The van der Waals surface area contributed by atoms with Crippen LogP contribution in [-0.2, 0) is 10.8 Å². The molecule has 0 nitrogen and oxygen atoms in total. The molecule has 0 amide bonds. The summed E-state index contributed by atoms with van der Waals surface area (Å²) in [4.78, 5) is 0. The van der Waals surface area contributed by atoms with Gasteiger partial charge in [0.15, 0.2) is 0 Å². The van der Waals surface area contributed by atoms with E-state index in [1.807, 2.05) is 0 Å². The van der Waals surface area contributed by atoms with Gasteiger partial charge in [-0.05, 0) is 57.7 Å². The molecule has 2 heteroatoms. The second kappa shape index (κ2) is 4.36. The van der Waals surface area contributed by atoms with Gasteiger partial charge in [-0.1, -0.05) is 71.7 Å². The molecule has 0 aromatic heterocycles. The fraction of sp³-hybridized carbons (Fsp3) is 0.300. The van der Waals surface area contributed by atoms with Crippen molar-refractivity contribution in [2.45, 2.75) is 38.5 Å². The standard InChI is InChI=1S/C20H18Br2/c1-19(2)15-9-11(21)5-7-13(15)18-17(19)14-8-6-12(22)10-16(14)20(18,3)4/h5-10H,1-4H3. The summed E-state index contributed by atoms with van der Waals surface area (Å²) >= 11 is 7.28. The predicted molar refractivity (Wildman–Crippen MR) is 101 cm³/mol. The van der Waals surface area contributed by atoms with E-state index in [0.717, 1.165) is 8.95 Å². The van der Waals surface area contributed by atoms with Crippen LogP contribution in [0.25, 0.3) is 11.1 Å². The molecule has 0 saturated heterocycles. The quantitative estimate of drug-likeness (QED) is 0.447. The number of allylic oxidation sites excluding steroid dienone is 2. The molecule has 22 heavy (non-hydrogen) atoms. The molecule has 0 spiro atoms. The number of hydrogen-bond donors (Lipinski definition) is 0. The highest BCUT2D eigenvalue weighted by Crippen LogP contribution is 2.62. The molecule has 4 rings (SSSR count). The Hall–Kier alpha value is -0.860. The number of fused-ring (bicyclic) bond motifs is 4. The first-order chi connectivity index (χ1) is 10.2. The normalized spacial score (nSPS) is 19.9. The van der Waals surface area contributed by atoms with E-state index in [1.54, 1.807) is 0 Å². The maximum absolute atomic E-state index is 3.64. The molecule has 2 aliphatic rings. The van der Waals surface area contributed by atoms with Crippen molar-refractivity contribution in [2.24, 2.45) is 0 Å². The monoisotopic (exact) mass is 416 g/mol. The molecule has 2 aliphatic carbocycles. The Bertz CT molecular complexity index is 783. The van der Waals surface area contributed by atoms with Gasteiger partial charge in [-0.2, -0.15) is 0 Å². The van der Waals surface area contributed by atoms with Gasteiger partial charge in [0.1, 0.15) is 0 Å². The molecule has 0 heterocycles. The van der Waals surface area contributed by atoms with Crippen LogP contribution in [0.15, 0.2) is 45.3 Å². The molecule has 112 valence electrons. The lowest BCUT2D eigenvalue weighted by atomic mass is 9.76. The summed E-state index contributed by atoms with van der Waals surface area (Å²) in [5.74, 6) is 0. The Kier molecular flexibility index (Phi) is 2.92. The summed E-state index contributed by atoms with van der Waals surface area (Å²) in [6.45, 7) is 9.42. The van der Waals surface area contributed by atoms with Crippen molar-refractivity contribution >= 4 is 43.0 Å². The molecule has 0 N–H and O–H groups in total. The van der Waals surface area contributed by atoms with Crippen LogP contribution >= 0.6 is 31.9 Å². The summed E-state index contributed by atoms with van der Waals surface area (Å²) in [5.41, 5.74) is 8.82. The minimum atomic E-state index is 0.0464. The van der Waals surface area contributed by atoms with E-state index in [1.165, 1.54) is 33.4 Å². The molecule has 2 aromatic carbocycles. The molecule has 0 atom stereocenters. The maximum Gasteiger partial charge on any atom is 0.0178 e. The van der Waals surface area contributed by atoms with Gasteiger partial charge in [0.05, 0.1) is 0 Å². The third kappa shape index (κ3) is 1.68. The van der Waals surface area contributed by atoms with Crippen molar-refractivity contribution in [1.29, 1.82) is 0 Å². The van der Waals surface area contributed by atoms with Crippen molar-refractivity contribution in [2.75, 3.05) is 0 Å². The van der Waals surface area contributed by atoms with Gasteiger partial charge in [0, 0.05) is 19.8 Å². The van der Waals surface area contributed by atoms with E-state index in [2.05, 4.69) is 96.0 Å². The van der Waals surface area contributed by atoms with Gasteiger partial charge < -0.3 is 0 Å². The fourth-order valence-electron chi connectivity index (χ4n) is 4.34. The van der Waals surface area contributed by atoms with E-state index in [4.69, 9.17) is 0 Å². The molecular weight excluding hydrogens is 400 g/mol. The van der Waals surface area contributed by atoms with Crippen LogP contribution in [0.1, 0.15) is 49.9 Å². The van der Waals surface area contributed by atoms with Crippen molar-refractivity contribution in [1.82, 2.24) is 0 Å². The fourth-order valence-corrected chi connectivity index (χ4v) is 5.06. The molecule has 0 bridgehead atoms. The van der Waals surface area contributed by atoms with Crippen LogP contribution in [0.4, 0.5) is 0 Å². The Morgan fingerprint density at radius 3 is 1.36 bits per heavy atom. The third-order valence-corrected chi connectivity index (χ3v) is 6.34.